The summed E-state index contributed by atoms with van der Waals surface area (Å²) in [5, 5.41) is 16.5. The second-order valence-corrected chi connectivity index (χ2v) is 7.94. The Kier molecular flexibility index (Phi) is 5.78. The molecule has 0 fully saturated rings. The van der Waals surface area contributed by atoms with E-state index in [4.69, 9.17) is 16.6 Å². The quantitative estimate of drug-likeness (QED) is 0.401. The number of amidine groups is 1. The van der Waals surface area contributed by atoms with Crippen LogP contribution in [0, 0.1) is 10.8 Å². The van der Waals surface area contributed by atoms with Crippen LogP contribution in [0.1, 0.15) is 18.1 Å². The van der Waals surface area contributed by atoms with E-state index in [9.17, 15) is 0 Å². The predicted octanol–water partition coefficient (Wildman–Crippen LogP) is 0.986. The number of benzene rings is 1. The zero-order chi connectivity index (χ0) is 12.0. The Morgan fingerprint density at radius 2 is 1.50 bits per heavy atom. The number of hydrogen-bond donors (Lipinski definition) is 3. The van der Waals surface area contributed by atoms with E-state index in [0.717, 1.165) is 15.2 Å². The van der Waals surface area contributed by atoms with Crippen LogP contribution in [0.3, 0.4) is 0 Å². The Labute approximate surface area is 109 Å². The second-order valence-electron chi connectivity index (χ2n) is 3.31. The van der Waals surface area contributed by atoms with Crippen molar-refractivity contribution in [2.45, 2.75) is 17.6 Å². The van der Waals surface area contributed by atoms with E-state index in [1.54, 1.807) is 0 Å². The number of hydrogen-bond acceptors (Lipinski definition) is 2. The summed E-state index contributed by atoms with van der Waals surface area (Å²) in [5.74, 6) is 0. The summed E-state index contributed by atoms with van der Waals surface area (Å²) in [6.45, 7) is 1.86. The van der Waals surface area contributed by atoms with Crippen LogP contribution in [0.5, 0.6) is 0 Å². The van der Waals surface area contributed by atoms with Gasteiger partial charge < -0.3 is 0 Å². The third kappa shape index (κ3) is 5.47. The van der Waals surface area contributed by atoms with Crippen LogP contribution in [-0.4, -0.2) is 39.3 Å². The molecule has 1 aromatic rings. The van der Waals surface area contributed by atoms with E-state index in [0.29, 0.717) is 19.7 Å². The standard InChI is InChI=1S/C11H15N3Se2/c1-8(12)15-6-9-2-4-10(5-3-9)7-16-11(13)14/h2-5,12H,6-7H2,1H3,(H3,13,14). The van der Waals surface area contributed by atoms with Crippen molar-refractivity contribution < 1.29 is 0 Å². The van der Waals surface area contributed by atoms with Crippen molar-refractivity contribution in [1.29, 1.82) is 10.8 Å². The van der Waals surface area contributed by atoms with E-state index in [-0.39, 0.29) is 15.0 Å². The Balaban J connectivity index is 2.47. The van der Waals surface area contributed by atoms with Crippen LogP contribution >= 0.6 is 0 Å². The fourth-order valence-electron chi connectivity index (χ4n) is 1.08. The van der Waals surface area contributed by atoms with Gasteiger partial charge in [-0.15, -0.1) is 0 Å². The minimum absolute atomic E-state index is 0.0942. The first-order chi connectivity index (χ1) is 7.58. The van der Waals surface area contributed by atoms with Crippen LogP contribution in [-0.2, 0) is 10.6 Å². The molecule has 5 heteroatoms. The van der Waals surface area contributed by atoms with Crippen LogP contribution in [0.15, 0.2) is 24.3 Å². The molecule has 1 aromatic carbocycles. The zero-order valence-electron chi connectivity index (χ0n) is 9.12. The summed E-state index contributed by atoms with van der Waals surface area (Å²) in [6, 6.07) is 8.46. The molecule has 0 aliphatic carbocycles. The van der Waals surface area contributed by atoms with E-state index in [2.05, 4.69) is 24.3 Å². The summed E-state index contributed by atoms with van der Waals surface area (Å²) in [6.07, 6.45) is 0. The monoisotopic (exact) mass is 349 g/mol. The molecule has 0 aliphatic heterocycles. The Morgan fingerprint density at radius 1 is 1.06 bits per heavy atom. The summed E-state index contributed by atoms with van der Waals surface area (Å²) < 4.78 is 1.09. The van der Waals surface area contributed by atoms with Crippen molar-refractivity contribution in [3.8, 4) is 0 Å². The molecule has 0 aromatic heterocycles. The van der Waals surface area contributed by atoms with Crippen LogP contribution in [0.25, 0.3) is 0 Å². The maximum atomic E-state index is 7.39. The van der Waals surface area contributed by atoms with Gasteiger partial charge in [0.25, 0.3) is 0 Å². The van der Waals surface area contributed by atoms with Crippen LogP contribution in [0.2, 0.25) is 0 Å². The molecule has 16 heavy (non-hydrogen) atoms. The van der Waals surface area contributed by atoms with Crippen molar-refractivity contribution >= 4 is 39.3 Å². The number of nitrogens with one attached hydrogen (secondary N) is 2. The molecule has 0 amide bonds. The van der Waals surface area contributed by atoms with Crippen molar-refractivity contribution in [2.75, 3.05) is 0 Å². The van der Waals surface area contributed by atoms with Gasteiger partial charge in [-0.25, -0.2) is 0 Å². The fourth-order valence-corrected chi connectivity index (χ4v) is 3.37. The van der Waals surface area contributed by atoms with Crippen LogP contribution < -0.4 is 5.73 Å². The first-order valence-corrected chi connectivity index (χ1v) is 8.94. The first-order valence-electron chi connectivity index (χ1n) is 4.80. The van der Waals surface area contributed by atoms with Gasteiger partial charge in [0, 0.05) is 0 Å². The fraction of sp³-hybridized carbons (Fsp3) is 0.273. The van der Waals surface area contributed by atoms with Gasteiger partial charge in [-0.3, -0.25) is 0 Å². The average molecular weight is 347 g/mol. The minimum atomic E-state index is 0.0942. The molecule has 0 bridgehead atoms. The van der Waals surface area contributed by atoms with Crippen molar-refractivity contribution in [3.63, 3.8) is 0 Å². The van der Waals surface area contributed by atoms with Gasteiger partial charge >= 0.3 is 109 Å². The average Bonchev–Trinajstić information content (AvgIpc) is 2.25. The Hall–Kier alpha value is -0.601. The van der Waals surface area contributed by atoms with E-state index in [1.165, 1.54) is 11.1 Å². The number of nitrogens with two attached hydrogens (primary N) is 1. The van der Waals surface area contributed by atoms with Crippen molar-refractivity contribution in [1.82, 2.24) is 0 Å². The maximum absolute atomic E-state index is 7.39. The SMILES string of the molecule is CC(=N)[Se]Cc1ccc(C[Se]C(=N)N)cc1. The van der Waals surface area contributed by atoms with Gasteiger partial charge in [-0.2, -0.15) is 0 Å². The van der Waals surface area contributed by atoms with Crippen LogP contribution in [0.4, 0.5) is 0 Å². The molecule has 0 atom stereocenters. The molecule has 1 rings (SSSR count). The Bertz CT molecular complexity index is 336. The summed E-state index contributed by atoms with van der Waals surface area (Å²) in [7, 11) is 0. The predicted molar refractivity (Wildman–Crippen MR) is 70.7 cm³/mol. The molecular weight excluding hydrogens is 332 g/mol. The number of rotatable bonds is 6. The molecule has 86 valence electrons. The molecule has 4 N–H and O–H groups in total. The summed E-state index contributed by atoms with van der Waals surface area (Å²) >= 11 is 0.391. The third-order valence-corrected chi connectivity index (χ3v) is 5.44. The van der Waals surface area contributed by atoms with E-state index in [1.807, 2.05) is 6.92 Å². The normalized spacial score (nSPS) is 10.1. The first kappa shape index (κ1) is 13.5. The molecule has 0 saturated heterocycles. The van der Waals surface area contributed by atoms with Gasteiger partial charge in [0.2, 0.25) is 0 Å². The van der Waals surface area contributed by atoms with Gasteiger partial charge in [-0.05, 0) is 0 Å². The van der Waals surface area contributed by atoms with Crippen molar-refractivity contribution in [2.24, 2.45) is 5.73 Å². The molecule has 0 aliphatic rings. The van der Waals surface area contributed by atoms with Gasteiger partial charge in [0.05, 0.1) is 0 Å². The Morgan fingerprint density at radius 3 is 1.88 bits per heavy atom. The third-order valence-electron chi connectivity index (χ3n) is 1.87. The molecule has 3 nitrogen and oxygen atoms in total. The van der Waals surface area contributed by atoms with E-state index >= 15 is 0 Å². The molecule has 0 saturated carbocycles. The molecule has 0 unspecified atom stereocenters. The summed E-state index contributed by atoms with van der Waals surface area (Å²) in [4.78, 5) is 0. The van der Waals surface area contributed by atoms with Gasteiger partial charge in [-0.1, -0.05) is 0 Å². The molecule has 0 heterocycles. The topological polar surface area (TPSA) is 73.7 Å². The summed E-state index contributed by atoms with van der Waals surface area (Å²) in [5.41, 5.74) is 7.89. The second kappa shape index (κ2) is 6.87. The van der Waals surface area contributed by atoms with Crippen molar-refractivity contribution in [3.05, 3.63) is 35.4 Å². The van der Waals surface area contributed by atoms with E-state index < -0.39 is 0 Å². The zero-order valence-corrected chi connectivity index (χ0v) is 12.5. The molecule has 0 spiro atoms. The molecule has 0 radical (unpaired) electrons. The molecular formula is C11H15N3Se2. The van der Waals surface area contributed by atoms with Gasteiger partial charge in [0.1, 0.15) is 0 Å². The van der Waals surface area contributed by atoms with Gasteiger partial charge in [0.15, 0.2) is 0 Å².